The van der Waals surface area contributed by atoms with Crippen LogP contribution in [-0.4, -0.2) is 0 Å². The molecule has 3 heteroatoms. The molecular weight excluding hydrogens is 417 g/mol. The molecule has 0 heterocycles. The number of rotatable bonds is 8. The van der Waals surface area contributed by atoms with Crippen LogP contribution in [0.3, 0.4) is 0 Å². The van der Waals surface area contributed by atoms with E-state index in [0.29, 0.717) is 27.6 Å². The number of benzene rings is 4. The first-order valence-corrected chi connectivity index (χ1v) is 11.8. The van der Waals surface area contributed by atoms with Crippen LogP contribution in [0.5, 0.6) is 0 Å². The molecule has 170 valence electrons. The Balaban J connectivity index is 1.94. The topological polar surface area (TPSA) is 0 Å². The van der Waals surface area contributed by atoms with Crippen molar-refractivity contribution in [3.63, 3.8) is 0 Å². The molecule has 0 unspecified atom stereocenters. The molecular formula is C30H29F3. The van der Waals surface area contributed by atoms with Crippen molar-refractivity contribution in [2.45, 2.75) is 52.4 Å². The van der Waals surface area contributed by atoms with Gasteiger partial charge in [-0.3, -0.25) is 0 Å². The van der Waals surface area contributed by atoms with E-state index < -0.39 is 11.6 Å². The molecule has 0 fully saturated rings. The lowest BCUT2D eigenvalue weighted by molar-refractivity contribution is 0.624. The van der Waals surface area contributed by atoms with Gasteiger partial charge in [0, 0.05) is 16.5 Å². The fraction of sp³-hybridized carbons (Fsp3) is 0.267. The number of fused-ring (bicyclic) bond motifs is 1. The van der Waals surface area contributed by atoms with E-state index in [4.69, 9.17) is 0 Å². The summed E-state index contributed by atoms with van der Waals surface area (Å²) < 4.78 is 44.9. The van der Waals surface area contributed by atoms with Gasteiger partial charge in [-0.05, 0) is 71.5 Å². The summed E-state index contributed by atoms with van der Waals surface area (Å²) in [6, 6.07) is 18.3. The summed E-state index contributed by atoms with van der Waals surface area (Å²) >= 11 is 0. The zero-order chi connectivity index (χ0) is 23.4. The lowest BCUT2D eigenvalue weighted by atomic mass is 9.85. The second-order valence-corrected chi connectivity index (χ2v) is 8.60. The van der Waals surface area contributed by atoms with Crippen LogP contribution in [0.15, 0.2) is 66.7 Å². The van der Waals surface area contributed by atoms with Gasteiger partial charge in [0.15, 0.2) is 0 Å². The maximum Gasteiger partial charge on any atom is 0.139 e. The van der Waals surface area contributed by atoms with Crippen molar-refractivity contribution >= 4 is 10.8 Å². The van der Waals surface area contributed by atoms with Gasteiger partial charge in [0.25, 0.3) is 0 Å². The van der Waals surface area contributed by atoms with E-state index in [1.807, 2.05) is 24.3 Å². The normalized spacial score (nSPS) is 11.3. The molecule has 0 bridgehead atoms. The number of aryl methyl sites for hydroxylation is 1. The third kappa shape index (κ3) is 4.68. The first-order valence-electron chi connectivity index (χ1n) is 11.8. The minimum Gasteiger partial charge on any atom is -0.207 e. The van der Waals surface area contributed by atoms with Crippen molar-refractivity contribution in [2.75, 3.05) is 0 Å². The molecule has 0 nitrogen and oxygen atoms in total. The molecule has 0 aromatic heterocycles. The van der Waals surface area contributed by atoms with Crippen molar-refractivity contribution < 1.29 is 13.2 Å². The summed E-state index contributed by atoms with van der Waals surface area (Å²) in [4.78, 5) is 0. The molecule has 0 amide bonds. The Morgan fingerprint density at radius 3 is 2.00 bits per heavy atom. The number of hydrogen-bond acceptors (Lipinski definition) is 0. The van der Waals surface area contributed by atoms with E-state index in [9.17, 15) is 4.39 Å². The smallest absolute Gasteiger partial charge is 0.139 e. The second-order valence-electron chi connectivity index (χ2n) is 8.60. The summed E-state index contributed by atoms with van der Waals surface area (Å²) in [5.74, 6) is -1.20. The van der Waals surface area contributed by atoms with Gasteiger partial charge in [-0.15, -0.1) is 0 Å². The van der Waals surface area contributed by atoms with Crippen molar-refractivity contribution in [2.24, 2.45) is 0 Å². The Hall–Kier alpha value is -3.07. The Kier molecular flexibility index (Phi) is 7.17. The Morgan fingerprint density at radius 2 is 1.33 bits per heavy atom. The molecule has 0 radical (unpaired) electrons. The number of halogens is 3. The standard InChI is InChI=1S/C30H29F3/c1-3-5-12-24-25-14-7-8-15-27(25)30(33)29(26(24)13-6-4-2)21-16-17-23(28(32)19-21)20-10-9-11-22(31)18-20/h7-11,14-19H,3-6,12-13H2,1-2H3. The van der Waals surface area contributed by atoms with Crippen molar-refractivity contribution in [3.8, 4) is 22.3 Å². The van der Waals surface area contributed by atoms with E-state index in [2.05, 4.69) is 13.8 Å². The molecule has 0 aliphatic carbocycles. The number of hydrogen-bond donors (Lipinski definition) is 0. The molecule has 0 atom stereocenters. The quantitative estimate of drug-likeness (QED) is 0.253. The largest absolute Gasteiger partial charge is 0.207 e. The molecule has 0 aliphatic heterocycles. The SMILES string of the molecule is CCCCc1c(-c2ccc(-c3cccc(F)c3)c(F)c2)c(F)c2ccccc2c1CCCC. The fourth-order valence-corrected chi connectivity index (χ4v) is 4.65. The Labute approximate surface area is 194 Å². The van der Waals surface area contributed by atoms with Crippen LogP contribution in [0, 0.1) is 17.5 Å². The van der Waals surface area contributed by atoms with Crippen LogP contribution < -0.4 is 0 Å². The molecule has 0 saturated heterocycles. The van der Waals surface area contributed by atoms with E-state index >= 15 is 8.78 Å². The van der Waals surface area contributed by atoms with E-state index in [1.54, 1.807) is 24.3 Å². The van der Waals surface area contributed by atoms with Crippen molar-refractivity contribution in [1.82, 2.24) is 0 Å². The van der Waals surface area contributed by atoms with Gasteiger partial charge in [-0.2, -0.15) is 0 Å². The molecule has 0 N–H and O–H groups in total. The maximum absolute atomic E-state index is 16.0. The van der Waals surface area contributed by atoms with Gasteiger partial charge in [0.2, 0.25) is 0 Å². The number of unbranched alkanes of at least 4 members (excludes halogenated alkanes) is 2. The minimum atomic E-state index is -0.484. The van der Waals surface area contributed by atoms with E-state index in [0.717, 1.165) is 49.5 Å². The van der Waals surface area contributed by atoms with Crippen LogP contribution in [0.4, 0.5) is 13.2 Å². The van der Waals surface area contributed by atoms with Gasteiger partial charge in [-0.25, -0.2) is 13.2 Å². The van der Waals surface area contributed by atoms with Gasteiger partial charge in [-0.1, -0.05) is 75.2 Å². The predicted octanol–water partition coefficient (Wildman–Crippen LogP) is 9.28. The predicted molar refractivity (Wildman–Crippen MR) is 132 cm³/mol. The van der Waals surface area contributed by atoms with Crippen LogP contribution in [0.1, 0.15) is 50.7 Å². The zero-order valence-electron chi connectivity index (χ0n) is 19.2. The van der Waals surface area contributed by atoms with E-state index in [1.165, 1.54) is 23.8 Å². The average molecular weight is 447 g/mol. The maximum atomic E-state index is 16.0. The molecule has 0 spiro atoms. The van der Waals surface area contributed by atoms with Gasteiger partial charge < -0.3 is 0 Å². The molecule has 4 aromatic carbocycles. The summed E-state index contributed by atoms with van der Waals surface area (Å²) in [5, 5.41) is 1.53. The van der Waals surface area contributed by atoms with Crippen LogP contribution in [0.25, 0.3) is 33.0 Å². The first kappa shape index (κ1) is 23.1. The highest BCUT2D eigenvalue weighted by Gasteiger charge is 2.21. The van der Waals surface area contributed by atoms with Crippen LogP contribution >= 0.6 is 0 Å². The third-order valence-corrected chi connectivity index (χ3v) is 6.33. The van der Waals surface area contributed by atoms with Crippen molar-refractivity contribution in [3.05, 3.63) is 95.3 Å². The highest BCUT2D eigenvalue weighted by Crippen LogP contribution is 2.39. The Bertz CT molecular complexity index is 1270. The summed E-state index contributed by atoms with van der Waals surface area (Å²) in [7, 11) is 0. The summed E-state index contributed by atoms with van der Waals surface area (Å²) in [6.07, 6.45) is 5.61. The average Bonchev–Trinajstić information content (AvgIpc) is 2.82. The minimum absolute atomic E-state index is 0.296. The van der Waals surface area contributed by atoms with Gasteiger partial charge >= 0.3 is 0 Å². The van der Waals surface area contributed by atoms with Gasteiger partial charge in [0.05, 0.1) is 0 Å². The molecule has 0 saturated carbocycles. The van der Waals surface area contributed by atoms with Crippen LogP contribution in [-0.2, 0) is 12.8 Å². The highest BCUT2D eigenvalue weighted by molar-refractivity contribution is 5.93. The third-order valence-electron chi connectivity index (χ3n) is 6.33. The molecule has 33 heavy (non-hydrogen) atoms. The monoisotopic (exact) mass is 446 g/mol. The molecule has 0 aliphatic rings. The second kappa shape index (κ2) is 10.2. The highest BCUT2D eigenvalue weighted by atomic mass is 19.1. The van der Waals surface area contributed by atoms with Crippen molar-refractivity contribution in [1.29, 1.82) is 0 Å². The lowest BCUT2D eigenvalue weighted by Crippen LogP contribution is -2.04. The Morgan fingerprint density at radius 1 is 0.636 bits per heavy atom. The molecule has 4 rings (SSSR count). The zero-order valence-corrected chi connectivity index (χ0v) is 19.2. The first-order chi connectivity index (χ1) is 16.0. The fourth-order valence-electron chi connectivity index (χ4n) is 4.65. The summed E-state index contributed by atoms with van der Waals surface area (Å²) in [6.45, 7) is 4.27. The summed E-state index contributed by atoms with van der Waals surface area (Å²) in [5.41, 5.74) is 3.96. The van der Waals surface area contributed by atoms with Gasteiger partial charge in [0.1, 0.15) is 17.5 Å². The lowest BCUT2D eigenvalue weighted by Gasteiger charge is -2.20. The van der Waals surface area contributed by atoms with Crippen LogP contribution in [0.2, 0.25) is 0 Å². The van der Waals surface area contributed by atoms with E-state index in [-0.39, 0.29) is 5.82 Å². The molecule has 4 aromatic rings.